The van der Waals surface area contributed by atoms with Crippen LogP contribution in [0.3, 0.4) is 0 Å². The van der Waals surface area contributed by atoms with Crippen molar-refractivity contribution in [2.75, 3.05) is 0 Å². The molecule has 2 nitrogen and oxygen atoms in total. The van der Waals surface area contributed by atoms with Gasteiger partial charge in [-0.15, -0.1) is 11.3 Å². The van der Waals surface area contributed by atoms with E-state index in [2.05, 4.69) is 58.5 Å². The third-order valence-corrected chi connectivity index (χ3v) is 4.33. The molecule has 0 spiro atoms. The van der Waals surface area contributed by atoms with Crippen molar-refractivity contribution in [3.8, 4) is 0 Å². The summed E-state index contributed by atoms with van der Waals surface area (Å²) in [6.07, 6.45) is 0. The molecule has 2 aromatic rings. The van der Waals surface area contributed by atoms with Gasteiger partial charge in [0.2, 0.25) is 0 Å². The fraction of sp³-hybridized carbons (Fsp3) is 0.167. The van der Waals surface area contributed by atoms with Crippen LogP contribution in [-0.4, -0.2) is 0 Å². The second kappa shape index (κ2) is 5.27. The summed E-state index contributed by atoms with van der Waals surface area (Å²) in [4.78, 5) is 1.31. The molecule has 3 N–H and O–H groups in total. The Hall–Kier alpha value is -0.430. The van der Waals surface area contributed by atoms with Gasteiger partial charge in [-0.1, -0.05) is 18.2 Å². The Morgan fingerprint density at radius 1 is 1.38 bits per heavy atom. The maximum atomic E-state index is 5.67. The van der Waals surface area contributed by atoms with Crippen LogP contribution in [0, 0.1) is 10.5 Å². The van der Waals surface area contributed by atoms with E-state index in [1.165, 1.54) is 19.6 Å². The van der Waals surface area contributed by atoms with Gasteiger partial charge in [0.05, 0.1) is 6.04 Å². The van der Waals surface area contributed by atoms with Crippen molar-refractivity contribution < 1.29 is 0 Å². The van der Waals surface area contributed by atoms with E-state index in [4.69, 9.17) is 5.84 Å². The van der Waals surface area contributed by atoms with Crippen molar-refractivity contribution in [2.45, 2.75) is 13.0 Å². The predicted molar refractivity (Wildman–Crippen MR) is 77.4 cm³/mol. The van der Waals surface area contributed by atoms with Crippen molar-refractivity contribution in [3.63, 3.8) is 0 Å². The Labute approximate surface area is 113 Å². The molecule has 1 unspecified atom stereocenters. The largest absolute Gasteiger partial charge is 0.271 e. The molecule has 16 heavy (non-hydrogen) atoms. The Morgan fingerprint density at radius 2 is 2.12 bits per heavy atom. The molecule has 2 rings (SSSR count). The molecule has 0 aliphatic rings. The number of thiophene rings is 1. The maximum absolute atomic E-state index is 5.67. The molecule has 1 aromatic heterocycles. The highest BCUT2D eigenvalue weighted by Crippen LogP contribution is 2.28. The van der Waals surface area contributed by atoms with Crippen molar-refractivity contribution in [3.05, 3.63) is 55.3 Å². The zero-order valence-electron chi connectivity index (χ0n) is 8.91. The first kappa shape index (κ1) is 12.0. The van der Waals surface area contributed by atoms with Gasteiger partial charge in [0.15, 0.2) is 0 Å². The zero-order chi connectivity index (χ0) is 11.5. The summed E-state index contributed by atoms with van der Waals surface area (Å²) in [5, 5.41) is 2.16. The average molecular weight is 344 g/mol. The minimum Gasteiger partial charge on any atom is -0.271 e. The molecule has 0 bridgehead atoms. The van der Waals surface area contributed by atoms with Gasteiger partial charge >= 0.3 is 0 Å². The van der Waals surface area contributed by atoms with Gasteiger partial charge in [-0.3, -0.25) is 5.84 Å². The number of nitrogens with one attached hydrogen (secondary N) is 1. The summed E-state index contributed by atoms with van der Waals surface area (Å²) in [5.74, 6) is 5.67. The summed E-state index contributed by atoms with van der Waals surface area (Å²) >= 11 is 4.09. The van der Waals surface area contributed by atoms with Crippen molar-refractivity contribution in [1.82, 2.24) is 5.43 Å². The SMILES string of the molecule is Cc1cc(C(NN)c2ccccc2I)cs1. The highest BCUT2D eigenvalue weighted by Gasteiger charge is 2.15. The van der Waals surface area contributed by atoms with E-state index in [-0.39, 0.29) is 6.04 Å². The smallest absolute Gasteiger partial charge is 0.0728 e. The summed E-state index contributed by atoms with van der Waals surface area (Å²) < 4.78 is 1.23. The van der Waals surface area contributed by atoms with Crippen molar-refractivity contribution >= 4 is 33.9 Å². The Bertz CT molecular complexity index is 481. The second-order valence-electron chi connectivity index (χ2n) is 3.61. The molecule has 0 radical (unpaired) electrons. The third-order valence-electron chi connectivity index (χ3n) is 2.47. The molecule has 4 heteroatoms. The van der Waals surface area contributed by atoms with E-state index in [0.717, 1.165) is 0 Å². The Balaban J connectivity index is 2.40. The van der Waals surface area contributed by atoms with Crippen molar-refractivity contribution in [1.29, 1.82) is 0 Å². The molecular formula is C12H13IN2S. The Kier molecular flexibility index (Phi) is 3.96. The van der Waals surface area contributed by atoms with Crippen LogP contribution in [0.15, 0.2) is 35.7 Å². The second-order valence-corrected chi connectivity index (χ2v) is 5.89. The number of hydrogen-bond donors (Lipinski definition) is 2. The van der Waals surface area contributed by atoms with E-state index >= 15 is 0 Å². The number of hydrogen-bond acceptors (Lipinski definition) is 3. The van der Waals surface area contributed by atoms with Gasteiger partial charge in [-0.25, -0.2) is 5.43 Å². The van der Waals surface area contributed by atoms with Crippen LogP contribution in [0.4, 0.5) is 0 Å². The molecule has 0 aliphatic carbocycles. The fourth-order valence-corrected chi connectivity index (χ4v) is 3.12. The lowest BCUT2D eigenvalue weighted by Gasteiger charge is -2.16. The molecule has 0 saturated heterocycles. The lowest BCUT2D eigenvalue weighted by atomic mass is 10.0. The van der Waals surface area contributed by atoms with Crippen LogP contribution < -0.4 is 11.3 Å². The van der Waals surface area contributed by atoms with Gasteiger partial charge in [0.25, 0.3) is 0 Å². The van der Waals surface area contributed by atoms with Crippen LogP contribution in [0.2, 0.25) is 0 Å². The summed E-state index contributed by atoms with van der Waals surface area (Å²) in [6.45, 7) is 2.11. The highest BCUT2D eigenvalue weighted by molar-refractivity contribution is 14.1. The quantitative estimate of drug-likeness (QED) is 0.510. The molecular weight excluding hydrogens is 331 g/mol. The fourth-order valence-electron chi connectivity index (χ4n) is 1.69. The normalized spacial score (nSPS) is 12.7. The lowest BCUT2D eigenvalue weighted by Crippen LogP contribution is -2.29. The van der Waals surface area contributed by atoms with Crippen molar-refractivity contribution in [2.24, 2.45) is 5.84 Å². The molecule has 1 aromatic carbocycles. The monoisotopic (exact) mass is 344 g/mol. The Morgan fingerprint density at radius 3 is 2.69 bits per heavy atom. The standard InChI is InChI=1S/C12H13IN2S/c1-8-6-9(7-16-8)12(15-14)10-4-2-3-5-11(10)13/h2-7,12,15H,14H2,1H3. The number of aryl methyl sites for hydroxylation is 1. The molecule has 1 heterocycles. The van der Waals surface area contributed by atoms with E-state index < -0.39 is 0 Å². The summed E-state index contributed by atoms with van der Waals surface area (Å²) in [5.41, 5.74) is 5.35. The van der Waals surface area contributed by atoms with E-state index in [1.54, 1.807) is 11.3 Å². The molecule has 0 amide bonds. The van der Waals surface area contributed by atoms with Gasteiger partial charge in [-0.2, -0.15) is 0 Å². The van der Waals surface area contributed by atoms with Gasteiger partial charge in [-0.05, 0) is 58.2 Å². The van der Waals surface area contributed by atoms with Gasteiger partial charge in [0, 0.05) is 8.45 Å². The number of rotatable bonds is 3. The van der Waals surface area contributed by atoms with Gasteiger partial charge in [0.1, 0.15) is 0 Å². The van der Waals surface area contributed by atoms with E-state index in [1.807, 2.05) is 12.1 Å². The zero-order valence-corrected chi connectivity index (χ0v) is 11.9. The van der Waals surface area contributed by atoms with Crippen LogP contribution in [0.1, 0.15) is 22.0 Å². The molecule has 0 fully saturated rings. The number of hydrazine groups is 1. The summed E-state index contributed by atoms with van der Waals surface area (Å²) in [6, 6.07) is 10.5. The minimum atomic E-state index is 0.0815. The number of halogens is 1. The number of benzene rings is 1. The first-order valence-electron chi connectivity index (χ1n) is 4.98. The minimum absolute atomic E-state index is 0.0815. The van der Waals surface area contributed by atoms with Crippen LogP contribution in [0.25, 0.3) is 0 Å². The third kappa shape index (κ3) is 2.45. The number of nitrogens with two attached hydrogens (primary N) is 1. The average Bonchev–Trinajstić information content (AvgIpc) is 2.69. The molecule has 0 saturated carbocycles. The van der Waals surface area contributed by atoms with E-state index in [0.29, 0.717) is 0 Å². The highest BCUT2D eigenvalue weighted by atomic mass is 127. The lowest BCUT2D eigenvalue weighted by molar-refractivity contribution is 0.636. The maximum Gasteiger partial charge on any atom is 0.0728 e. The topological polar surface area (TPSA) is 38.0 Å². The van der Waals surface area contributed by atoms with Crippen LogP contribution in [0.5, 0.6) is 0 Å². The first-order chi connectivity index (χ1) is 7.72. The van der Waals surface area contributed by atoms with E-state index in [9.17, 15) is 0 Å². The molecule has 1 atom stereocenters. The first-order valence-corrected chi connectivity index (χ1v) is 6.94. The summed E-state index contributed by atoms with van der Waals surface area (Å²) in [7, 11) is 0. The molecule has 0 aliphatic heterocycles. The predicted octanol–water partition coefficient (Wildman–Crippen LogP) is 3.21. The van der Waals surface area contributed by atoms with Crippen LogP contribution in [-0.2, 0) is 0 Å². The van der Waals surface area contributed by atoms with Crippen LogP contribution >= 0.6 is 33.9 Å². The van der Waals surface area contributed by atoms with Gasteiger partial charge < -0.3 is 0 Å². The molecule has 84 valence electrons.